The van der Waals surface area contributed by atoms with Crippen LogP contribution in [0.5, 0.6) is 0 Å². The molecule has 1 heteroatoms. The molecule has 0 atom stereocenters. The maximum Gasteiger partial charge on any atom is 0.00392 e. The molecule has 1 saturated carbocycles. The Bertz CT molecular complexity index is 121. The summed E-state index contributed by atoms with van der Waals surface area (Å²) in [5.74, 6) is 0.828. The van der Waals surface area contributed by atoms with Gasteiger partial charge in [-0.25, -0.2) is 0 Å². The molecule has 0 spiro atoms. The first kappa shape index (κ1) is 8.79. The monoisotopic (exact) mass is 153 g/mol. The second-order valence-corrected chi connectivity index (χ2v) is 3.51. The predicted octanol–water partition coefficient (Wildman–Crippen LogP) is 2.47. The van der Waals surface area contributed by atoms with E-state index in [1.54, 1.807) is 0 Å². The molecule has 0 aliphatic heterocycles. The molecule has 1 aliphatic carbocycles. The maximum atomic E-state index is 5.80. The fraction of sp³-hybridized carbons (Fsp3) is 0.800. The van der Waals surface area contributed by atoms with Crippen molar-refractivity contribution in [2.24, 2.45) is 11.7 Å². The minimum absolute atomic E-state index is 0.487. The molecule has 0 unspecified atom stereocenters. The molecule has 0 aromatic heterocycles. The summed E-state index contributed by atoms with van der Waals surface area (Å²) >= 11 is 0. The summed E-state index contributed by atoms with van der Waals surface area (Å²) in [6.45, 7) is 2.19. The van der Waals surface area contributed by atoms with E-state index in [4.69, 9.17) is 5.73 Å². The Labute approximate surface area is 69.7 Å². The fourth-order valence-electron chi connectivity index (χ4n) is 1.67. The van der Waals surface area contributed by atoms with Gasteiger partial charge in [-0.05, 0) is 38.0 Å². The van der Waals surface area contributed by atoms with Crippen LogP contribution in [0.2, 0.25) is 0 Å². The van der Waals surface area contributed by atoms with Crippen LogP contribution in [0, 0.1) is 5.92 Å². The number of rotatable bonds is 2. The zero-order valence-electron chi connectivity index (χ0n) is 7.42. The van der Waals surface area contributed by atoms with E-state index >= 15 is 0 Å². The molecule has 1 nitrogen and oxygen atoms in total. The second kappa shape index (κ2) is 4.55. The molecule has 64 valence electrons. The van der Waals surface area contributed by atoms with Gasteiger partial charge < -0.3 is 5.73 Å². The SMILES string of the molecule is CC/C=C/C1CCC(N)CC1. The van der Waals surface area contributed by atoms with Crippen molar-refractivity contribution in [3.05, 3.63) is 12.2 Å². The zero-order valence-corrected chi connectivity index (χ0v) is 7.42. The fourth-order valence-corrected chi connectivity index (χ4v) is 1.67. The van der Waals surface area contributed by atoms with Gasteiger partial charge in [0.25, 0.3) is 0 Å². The third-order valence-electron chi connectivity index (χ3n) is 2.46. The average Bonchev–Trinajstić information content (AvgIpc) is 2.04. The van der Waals surface area contributed by atoms with E-state index in [0.717, 1.165) is 5.92 Å². The van der Waals surface area contributed by atoms with Crippen molar-refractivity contribution in [1.29, 1.82) is 0 Å². The third kappa shape index (κ3) is 3.06. The van der Waals surface area contributed by atoms with Gasteiger partial charge in [0.05, 0.1) is 0 Å². The van der Waals surface area contributed by atoms with Crippen molar-refractivity contribution >= 4 is 0 Å². The van der Waals surface area contributed by atoms with Crippen LogP contribution in [0.25, 0.3) is 0 Å². The summed E-state index contributed by atoms with van der Waals surface area (Å²) in [7, 11) is 0. The van der Waals surface area contributed by atoms with Crippen molar-refractivity contribution in [3.8, 4) is 0 Å². The summed E-state index contributed by atoms with van der Waals surface area (Å²) in [6, 6.07) is 0.487. The van der Waals surface area contributed by atoms with Crippen LogP contribution in [0.1, 0.15) is 39.0 Å². The van der Waals surface area contributed by atoms with Gasteiger partial charge in [0.15, 0.2) is 0 Å². The van der Waals surface area contributed by atoms with E-state index in [1.807, 2.05) is 0 Å². The summed E-state index contributed by atoms with van der Waals surface area (Å²) in [5.41, 5.74) is 5.80. The quantitative estimate of drug-likeness (QED) is 0.606. The minimum Gasteiger partial charge on any atom is -0.328 e. The van der Waals surface area contributed by atoms with Gasteiger partial charge in [-0.15, -0.1) is 0 Å². The standard InChI is InChI=1S/C10H19N/c1-2-3-4-9-5-7-10(11)8-6-9/h3-4,9-10H,2,5-8,11H2,1H3/b4-3+. The normalized spacial score (nSPS) is 32.9. The lowest BCUT2D eigenvalue weighted by Crippen LogP contribution is -2.25. The van der Waals surface area contributed by atoms with Crippen LogP contribution in [0.15, 0.2) is 12.2 Å². The van der Waals surface area contributed by atoms with Crippen LogP contribution >= 0.6 is 0 Å². The number of nitrogens with two attached hydrogens (primary N) is 1. The first-order chi connectivity index (χ1) is 5.33. The highest BCUT2D eigenvalue weighted by Crippen LogP contribution is 2.23. The van der Waals surface area contributed by atoms with Crippen molar-refractivity contribution < 1.29 is 0 Å². The van der Waals surface area contributed by atoms with Gasteiger partial charge in [-0.1, -0.05) is 19.1 Å². The molecule has 0 aromatic rings. The number of hydrogen-bond donors (Lipinski definition) is 1. The van der Waals surface area contributed by atoms with Crippen molar-refractivity contribution in [2.45, 2.75) is 45.1 Å². The Balaban J connectivity index is 2.22. The molecule has 1 aliphatic rings. The Kier molecular flexibility index (Phi) is 3.64. The van der Waals surface area contributed by atoms with E-state index in [-0.39, 0.29) is 0 Å². The van der Waals surface area contributed by atoms with E-state index in [9.17, 15) is 0 Å². The smallest absolute Gasteiger partial charge is 0.00392 e. The maximum absolute atomic E-state index is 5.80. The zero-order chi connectivity index (χ0) is 8.10. The second-order valence-electron chi connectivity index (χ2n) is 3.51. The molecule has 0 saturated heterocycles. The molecule has 0 heterocycles. The van der Waals surface area contributed by atoms with Gasteiger partial charge in [0.1, 0.15) is 0 Å². The highest BCUT2D eigenvalue weighted by molar-refractivity contribution is 4.90. The highest BCUT2D eigenvalue weighted by Gasteiger charge is 2.15. The lowest BCUT2D eigenvalue weighted by Gasteiger charge is -2.23. The lowest BCUT2D eigenvalue weighted by atomic mass is 9.86. The molecule has 0 amide bonds. The van der Waals surface area contributed by atoms with E-state index in [1.165, 1.54) is 32.1 Å². The molecule has 11 heavy (non-hydrogen) atoms. The Hall–Kier alpha value is -0.300. The van der Waals surface area contributed by atoms with Crippen LogP contribution < -0.4 is 5.73 Å². The van der Waals surface area contributed by atoms with E-state index in [0.29, 0.717) is 6.04 Å². The summed E-state index contributed by atoms with van der Waals surface area (Å²) in [4.78, 5) is 0. The van der Waals surface area contributed by atoms with Gasteiger partial charge in [-0.2, -0.15) is 0 Å². The Morgan fingerprint density at radius 1 is 1.27 bits per heavy atom. The van der Waals surface area contributed by atoms with Crippen LogP contribution in [-0.2, 0) is 0 Å². The van der Waals surface area contributed by atoms with Gasteiger partial charge in [-0.3, -0.25) is 0 Å². The molecule has 0 bridgehead atoms. The molecule has 1 fully saturated rings. The molecule has 2 N–H and O–H groups in total. The van der Waals surface area contributed by atoms with Crippen molar-refractivity contribution in [2.75, 3.05) is 0 Å². The molecular weight excluding hydrogens is 134 g/mol. The Morgan fingerprint density at radius 3 is 2.45 bits per heavy atom. The van der Waals surface area contributed by atoms with Crippen LogP contribution in [0.4, 0.5) is 0 Å². The number of hydrogen-bond acceptors (Lipinski definition) is 1. The first-order valence-electron chi connectivity index (χ1n) is 4.75. The topological polar surface area (TPSA) is 26.0 Å². The van der Waals surface area contributed by atoms with Crippen molar-refractivity contribution in [3.63, 3.8) is 0 Å². The van der Waals surface area contributed by atoms with Crippen molar-refractivity contribution in [1.82, 2.24) is 0 Å². The molecule has 1 rings (SSSR count). The Morgan fingerprint density at radius 2 is 1.91 bits per heavy atom. The summed E-state index contributed by atoms with van der Waals surface area (Å²) in [5, 5.41) is 0. The highest BCUT2D eigenvalue weighted by atomic mass is 14.6. The van der Waals surface area contributed by atoms with Gasteiger partial charge in [0, 0.05) is 6.04 Å². The van der Waals surface area contributed by atoms with E-state index < -0.39 is 0 Å². The largest absolute Gasteiger partial charge is 0.328 e. The summed E-state index contributed by atoms with van der Waals surface area (Å²) in [6.07, 6.45) is 10.9. The molecule has 0 radical (unpaired) electrons. The third-order valence-corrected chi connectivity index (χ3v) is 2.46. The predicted molar refractivity (Wildman–Crippen MR) is 49.4 cm³/mol. The first-order valence-corrected chi connectivity index (χ1v) is 4.75. The van der Waals surface area contributed by atoms with Crippen LogP contribution in [0.3, 0.4) is 0 Å². The lowest BCUT2D eigenvalue weighted by molar-refractivity contribution is 0.375. The van der Waals surface area contributed by atoms with Crippen LogP contribution in [-0.4, -0.2) is 6.04 Å². The average molecular weight is 153 g/mol. The number of allylic oxidation sites excluding steroid dienone is 2. The van der Waals surface area contributed by atoms with Gasteiger partial charge >= 0.3 is 0 Å². The minimum atomic E-state index is 0.487. The van der Waals surface area contributed by atoms with Gasteiger partial charge in [0.2, 0.25) is 0 Å². The van der Waals surface area contributed by atoms with E-state index in [2.05, 4.69) is 19.1 Å². The molecule has 0 aromatic carbocycles. The molecular formula is C10H19N. The summed E-state index contributed by atoms with van der Waals surface area (Å²) < 4.78 is 0.